The van der Waals surface area contributed by atoms with Crippen LogP contribution in [0.25, 0.3) is 0 Å². The maximum atomic E-state index is 12.7. The molecule has 1 fully saturated rings. The number of aromatic nitrogens is 1. The average molecular weight is 224 g/mol. The van der Waals surface area contributed by atoms with E-state index in [4.69, 9.17) is 0 Å². The van der Waals surface area contributed by atoms with Gasteiger partial charge in [-0.25, -0.2) is 4.39 Å². The predicted molar refractivity (Wildman–Crippen MR) is 59.4 cm³/mol. The van der Waals surface area contributed by atoms with Gasteiger partial charge in [0.1, 0.15) is 5.82 Å². The molecule has 2 heterocycles. The van der Waals surface area contributed by atoms with E-state index in [0.717, 1.165) is 19.2 Å². The minimum Gasteiger partial charge on any atom is -0.387 e. The summed E-state index contributed by atoms with van der Waals surface area (Å²) in [6.45, 7) is 1.02. The van der Waals surface area contributed by atoms with E-state index < -0.39 is 6.10 Å². The lowest BCUT2D eigenvalue weighted by molar-refractivity contribution is 0.140. The van der Waals surface area contributed by atoms with Crippen molar-refractivity contribution in [3.63, 3.8) is 0 Å². The van der Waals surface area contributed by atoms with Crippen molar-refractivity contribution in [1.82, 2.24) is 10.3 Å². The molecule has 0 saturated carbocycles. The van der Waals surface area contributed by atoms with Gasteiger partial charge in [-0.1, -0.05) is 6.42 Å². The smallest absolute Gasteiger partial charge is 0.141 e. The monoisotopic (exact) mass is 224 g/mol. The molecule has 2 unspecified atom stereocenters. The first-order chi connectivity index (χ1) is 7.75. The fourth-order valence-electron chi connectivity index (χ4n) is 2.10. The predicted octanol–water partition coefficient (Wildman–Crippen LogP) is 1.79. The van der Waals surface area contributed by atoms with Crippen LogP contribution in [0.3, 0.4) is 0 Å². The molecule has 0 bridgehead atoms. The highest BCUT2D eigenvalue weighted by atomic mass is 19.1. The normalized spacial score (nSPS) is 23.0. The molecule has 0 amide bonds. The van der Waals surface area contributed by atoms with Crippen molar-refractivity contribution in [3.8, 4) is 0 Å². The van der Waals surface area contributed by atoms with Crippen molar-refractivity contribution in [1.29, 1.82) is 0 Å². The maximum Gasteiger partial charge on any atom is 0.141 e. The summed E-state index contributed by atoms with van der Waals surface area (Å²) in [5, 5.41) is 13.3. The van der Waals surface area contributed by atoms with Gasteiger partial charge in [-0.05, 0) is 37.9 Å². The van der Waals surface area contributed by atoms with E-state index in [-0.39, 0.29) is 5.82 Å². The number of hydrogen-bond donors (Lipinski definition) is 2. The lowest BCUT2D eigenvalue weighted by Gasteiger charge is -2.25. The van der Waals surface area contributed by atoms with Crippen LogP contribution >= 0.6 is 0 Å². The highest BCUT2D eigenvalue weighted by Gasteiger charge is 2.18. The van der Waals surface area contributed by atoms with Crippen molar-refractivity contribution >= 4 is 0 Å². The first kappa shape index (κ1) is 11.5. The Morgan fingerprint density at radius 2 is 2.38 bits per heavy atom. The molecule has 0 aromatic carbocycles. The molecule has 3 nitrogen and oxygen atoms in total. The summed E-state index contributed by atoms with van der Waals surface area (Å²) in [6.07, 6.45) is 4.71. The molecule has 0 aliphatic carbocycles. The lowest BCUT2D eigenvalue weighted by atomic mass is 9.98. The van der Waals surface area contributed by atoms with Crippen molar-refractivity contribution in [2.24, 2.45) is 0 Å². The second-order valence-corrected chi connectivity index (χ2v) is 4.30. The molecule has 2 N–H and O–H groups in total. The first-order valence-corrected chi connectivity index (χ1v) is 5.78. The molecule has 2 atom stereocenters. The summed E-state index contributed by atoms with van der Waals surface area (Å²) in [4.78, 5) is 3.89. The van der Waals surface area contributed by atoms with Crippen LogP contribution in [0.5, 0.6) is 0 Å². The largest absolute Gasteiger partial charge is 0.387 e. The van der Waals surface area contributed by atoms with Crippen LogP contribution in [0.2, 0.25) is 0 Å². The molecular formula is C12H17FN2O. The van der Waals surface area contributed by atoms with Gasteiger partial charge in [0, 0.05) is 6.04 Å². The zero-order valence-electron chi connectivity index (χ0n) is 9.19. The molecule has 1 aliphatic heterocycles. The van der Waals surface area contributed by atoms with Crippen LogP contribution in [0.4, 0.5) is 4.39 Å². The summed E-state index contributed by atoms with van der Waals surface area (Å²) in [7, 11) is 0. The molecule has 2 rings (SSSR count). The van der Waals surface area contributed by atoms with Crippen molar-refractivity contribution in [2.45, 2.75) is 37.8 Å². The van der Waals surface area contributed by atoms with Crippen LogP contribution in [-0.2, 0) is 0 Å². The number of rotatable bonds is 3. The highest BCUT2D eigenvalue weighted by Crippen LogP contribution is 2.20. The summed E-state index contributed by atoms with van der Waals surface area (Å²) >= 11 is 0. The van der Waals surface area contributed by atoms with Crippen molar-refractivity contribution < 1.29 is 9.50 Å². The third-order valence-electron chi connectivity index (χ3n) is 3.01. The Morgan fingerprint density at radius 1 is 1.50 bits per heavy atom. The maximum absolute atomic E-state index is 12.7. The Balaban J connectivity index is 1.91. The molecule has 16 heavy (non-hydrogen) atoms. The van der Waals surface area contributed by atoms with Gasteiger partial charge in [-0.3, -0.25) is 4.98 Å². The topological polar surface area (TPSA) is 45.1 Å². The minimum atomic E-state index is -0.601. The average Bonchev–Trinajstić information content (AvgIpc) is 2.31. The SMILES string of the molecule is OC(CC1CCCCN1)c1ccc(F)cn1. The highest BCUT2D eigenvalue weighted by molar-refractivity contribution is 5.08. The summed E-state index contributed by atoms with van der Waals surface area (Å²) in [6, 6.07) is 3.23. The summed E-state index contributed by atoms with van der Waals surface area (Å²) in [5.41, 5.74) is 0.550. The Morgan fingerprint density at radius 3 is 3.00 bits per heavy atom. The molecule has 88 valence electrons. The van der Waals surface area contributed by atoms with Crippen LogP contribution in [0.15, 0.2) is 18.3 Å². The molecule has 1 aromatic heterocycles. The fraction of sp³-hybridized carbons (Fsp3) is 0.583. The van der Waals surface area contributed by atoms with E-state index in [2.05, 4.69) is 10.3 Å². The number of nitrogens with one attached hydrogen (secondary N) is 1. The second-order valence-electron chi connectivity index (χ2n) is 4.30. The molecule has 4 heteroatoms. The molecule has 0 radical (unpaired) electrons. The molecule has 0 spiro atoms. The Hall–Kier alpha value is -1.00. The molecular weight excluding hydrogens is 207 g/mol. The Bertz CT molecular complexity index is 322. The fourth-order valence-corrected chi connectivity index (χ4v) is 2.10. The number of aliphatic hydroxyl groups is 1. The van der Waals surface area contributed by atoms with Crippen LogP contribution in [0, 0.1) is 5.82 Å². The third kappa shape index (κ3) is 3.00. The van der Waals surface area contributed by atoms with Gasteiger partial charge in [-0.2, -0.15) is 0 Å². The van der Waals surface area contributed by atoms with E-state index in [1.807, 2.05) is 0 Å². The van der Waals surface area contributed by atoms with Crippen LogP contribution in [-0.4, -0.2) is 22.7 Å². The minimum absolute atomic E-state index is 0.357. The number of pyridine rings is 1. The van der Waals surface area contributed by atoms with Crippen molar-refractivity contribution in [2.75, 3.05) is 6.54 Å². The van der Waals surface area contributed by atoms with Gasteiger partial charge < -0.3 is 10.4 Å². The van der Waals surface area contributed by atoms with Gasteiger partial charge in [-0.15, -0.1) is 0 Å². The molecule has 1 saturated heterocycles. The zero-order chi connectivity index (χ0) is 11.4. The van der Waals surface area contributed by atoms with E-state index in [1.165, 1.54) is 18.9 Å². The van der Waals surface area contributed by atoms with E-state index in [9.17, 15) is 9.50 Å². The molecule has 1 aliphatic rings. The quantitative estimate of drug-likeness (QED) is 0.822. The van der Waals surface area contributed by atoms with Crippen LogP contribution in [0.1, 0.15) is 37.5 Å². The third-order valence-corrected chi connectivity index (χ3v) is 3.01. The van der Waals surface area contributed by atoms with E-state index >= 15 is 0 Å². The number of piperidine rings is 1. The number of halogens is 1. The Kier molecular flexibility index (Phi) is 3.85. The van der Waals surface area contributed by atoms with E-state index in [0.29, 0.717) is 18.2 Å². The van der Waals surface area contributed by atoms with Gasteiger partial charge in [0.25, 0.3) is 0 Å². The van der Waals surface area contributed by atoms with E-state index in [1.54, 1.807) is 6.07 Å². The number of nitrogens with zero attached hydrogens (tertiary/aromatic N) is 1. The Labute approximate surface area is 94.7 Å². The van der Waals surface area contributed by atoms with Gasteiger partial charge >= 0.3 is 0 Å². The standard InChI is InChI=1S/C12H17FN2O/c13-9-4-5-11(15-8-9)12(16)7-10-3-1-2-6-14-10/h4-5,8,10,12,14,16H,1-3,6-7H2. The van der Waals surface area contributed by atoms with Crippen molar-refractivity contribution in [3.05, 3.63) is 29.8 Å². The zero-order valence-corrected chi connectivity index (χ0v) is 9.19. The first-order valence-electron chi connectivity index (χ1n) is 5.78. The summed E-state index contributed by atoms with van der Waals surface area (Å²) < 4.78 is 12.7. The summed E-state index contributed by atoms with van der Waals surface area (Å²) in [5.74, 6) is -0.369. The van der Waals surface area contributed by atoms with Gasteiger partial charge in [0.2, 0.25) is 0 Å². The second kappa shape index (κ2) is 5.37. The number of aliphatic hydroxyl groups excluding tert-OH is 1. The lowest BCUT2D eigenvalue weighted by Crippen LogP contribution is -2.35. The number of hydrogen-bond acceptors (Lipinski definition) is 3. The molecule has 1 aromatic rings. The van der Waals surface area contributed by atoms with Gasteiger partial charge in [0.15, 0.2) is 0 Å². The van der Waals surface area contributed by atoms with Crippen LogP contribution < -0.4 is 5.32 Å². The van der Waals surface area contributed by atoms with Gasteiger partial charge in [0.05, 0.1) is 18.0 Å².